The number of carbonyl (C=O) groups excluding carboxylic acids is 2. The summed E-state index contributed by atoms with van der Waals surface area (Å²) < 4.78 is 31.6. The molecule has 2 amide bonds. The smallest absolute Gasteiger partial charge is 0.259 e. The standard InChI is InChI=1S/C26H20F2N6O2/c1-33-10-9-22(31-33)19-13-20(21(28)11-16(19)14-27)26(36)30-25-18-8-7-15(24(29)35)12-23(18)32-34(25)17-5-3-2-4-6-17/h2-13H,14H2,1H3,(H2,29,35)(H,30,36). The number of fused-ring (bicyclic) bond motifs is 1. The van der Waals surface area contributed by atoms with Gasteiger partial charge >= 0.3 is 0 Å². The summed E-state index contributed by atoms with van der Waals surface area (Å²) in [4.78, 5) is 25.0. The molecule has 0 atom stereocenters. The van der Waals surface area contributed by atoms with Gasteiger partial charge in [0.15, 0.2) is 0 Å². The van der Waals surface area contributed by atoms with Gasteiger partial charge in [0.05, 0.1) is 22.5 Å². The number of primary amides is 1. The number of anilines is 1. The number of aryl methyl sites for hydroxylation is 1. The number of para-hydroxylation sites is 1. The molecule has 3 aromatic carbocycles. The Balaban J connectivity index is 1.62. The second-order valence-electron chi connectivity index (χ2n) is 8.14. The molecule has 8 nitrogen and oxygen atoms in total. The summed E-state index contributed by atoms with van der Waals surface area (Å²) in [6.07, 6.45) is 1.67. The lowest BCUT2D eigenvalue weighted by Gasteiger charge is -2.12. The van der Waals surface area contributed by atoms with Gasteiger partial charge in [-0.3, -0.25) is 14.3 Å². The highest BCUT2D eigenvalue weighted by Crippen LogP contribution is 2.30. The van der Waals surface area contributed by atoms with E-state index in [1.165, 1.54) is 27.6 Å². The first kappa shape index (κ1) is 22.9. The molecule has 0 bridgehead atoms. The van der Waals surface area contributed by atoms with Crippen molar-refractivity contribution in [2.24, 2.45) is 12.8 Å². The van der Waals surface area contributed by atoms with Crippen LogP contribution in [-0.2, 0) is 13.7 Å². The maximum absolute atomic E-state index is 15.0. The van der Waals surface area contributed by atoms with Crippen LogP contribution in [0.1, 0.15) is 26.3 Å². The van der Waals surface area contributed by atoms with E-state index in [2.05, 4.69) is 15.5 Å². The number of hydrogen-bond donors (Lipinski definition) is 2. The van der Waals surface area contributed by atoms with Gasteiger partial charge < -0.3 is 11.1 Å². The minimum absolute atomic E-state index is 0.0847. The van der Waals surface area contributed by atoms with E-state index in [1.54, 1.807) is 49.6 Å². The first-order chi connectivity index (χ1) is 17.4. The van der Waals surface area contributed by atoms with Crippen molar-refractivity contribution in [1.82, 2.24) is 19.6 Å². The van der Waals surface area contributed by atoms with Crippen molar-refractivity contribution in [3.05, 3.63) is 95.4 Å². The molecule has 10 heteroatoms. The first-order valence-electron chi connectivity index (χ1n) is 10.9. The number of nitrogens with zero attached hydrogens (tertiary/aromatic N) is 4. The summed E-state index contributed by atoms with van der Waals surface area (Å²) >= 11 is 0. The largest absolute Gasteiger partial charge is 0.366 e. The third-order valence-electron chi connectivity index (χ3n) is 5.76. The van der Waals surface area contributed by atoms with E-state index < -0.39 is 24.3 Å². The van der Waals surface area contributed by atoms with Crippen molar-refractivity contribution < 1.29 is 18.4 Å². The molecule has 0 aliphatic carbocycles. The maximum Gasteiger partial charge on any atom is 0.259 e. The number of carbonyl (C=O) groups is 2. The fraction of sp³-hybridized carbons (Fsp3) is 0.0769. The molecular formula is C26H20F2N6O2. The Bertz CT molecular complexity index is 1620. The highest BCUT2D eigenvalue weighted by Gasteiger charge is 2.22. The SMILES string of the molecule is Cn1ccc(-c2cc(C(=O)Nc3c4ccc(C(N)=O)cc4nn3-c3ccccc3)c(F)cc2CF)n1. The Labute approximate surface area is 204 Å². The molecular weight excluding hydrogens is 466 g/mol. The molecule has 5 aromatic rings. The molecule has 5 rings (SSSR count). The number of rotatable bonds is 6. The first-order valence-corrected chi connectivity index (χ1v) is 10.9. The zero-order valence-electron chi connectivity index (χ0n) is 19.1. The Kier molecular flexibility index (Phi) is 5.77. The number of amides is 2. The number of aromatic nitrogens is 4. The van der Waals surface area contributed by atoms with Crippen LogP contribution in [0.15, 0.2) is 72.9 Å². The van der Waals surface area contributed by atoms with Gasteiger partial charge in [0.2, 0.25) is 5.91 Å². The van der Waals surface area contributed by atoms with Crippen molar-refractivity contribution >= 4 is 28.5 Å². The quantitative estimate of drug-likeness (QED) is 0.371. The second-order valence-corrected chi connectivity index (χ2v) is 8.14. The van der Waals surface area contributed by atoms with Gasteiger partial charge in [-0.25, -0.2) is 13.5 Å². The minimum atomic E-state index is -0.918. The van der Waals surface area contributed by atoms with Gasteiger partial charge in [0, 0.05) is 29.8 Å². The molecule has 0 fully saturated rings. The third kappa shape index (κ3) is 4.09. The molecule has 180 valence electrons. The Morgan fingerprint density at radius 2 is 1.81 bits per heavy atom. The van der Waals surface area contributed by atoms with Crippen LogP contribution in [0.25, 0.3) is 27.8 Å². The lowest BCUT2D eigenvalue weighted by molar-refractivity contribution is 0.0997. The van der Waals surface area contributed by atoms with Crippen LogP contribution in [0.3, 0.4) is 0 Å². The van der Waals surface area contributed by atoms with E-state index in [0.717, 1.165) is 6.07 Å². The number of benzene rings is 3. The van der Waals surface area contributed by atoms with Gasteiger partial charge in [-0.1, -0.05) is 18.2 Å². The van der Waals surface area contributed by atoms with Crippen molar-refractivity contribution in [3.8, 4) is 16.9 Å². The Morgan fingerprint density at radius 3 is 2.47 bits per heavy atom. The fourth-order valence-corrected chi connectivity index (χ4v) is 3.99. The molecule has 0 radical (unpaired) electrons. The van der Waals surface area contributed by atoms with E-state index in [4.69, 9.17) is 5.73 Å². The summed E-state index contributed by atoms with van der Waals surface area (Å²) in [7, 11) is 1.70. The minimum Gasteiger partial charge on any atom is -0.366 e. The van der Waals surface area contributed by atoms with E-state index in [-0.39, 0.29) is 22.5 Å². The van der Waals surface area contributed by atoms with Gasteiger partial charge in [-0.05, 0) is 54.1 Å². The Hall–Kier alpha value is -4.86. The van der Waals surface area contributed by atoms with Crippen LogP contribution < -0.4 is 11.1 Å². The van der Waals surface area contributed by atoms with E-state index in [1.807, 2.05) is 6.07 Å². The fourth-order valence-electron chi connectivity index (χ4n) is 3.99. The molecule has 0 aliphatic heterocycles. The summed E-state index contributed by atoms with van der Waals surface area (Å²) in [5.41, 5.74) is 7.23. The van der Waals surface area contributed by atoms with Crippen molar-refractivity contribution in [1.29, 1.82) is 0 Å². The topological polar surface area (TPSA) is 108 Å². The molecule has 0 aliphatic rings. The monoisotopic (exact) mass is 486 g/mol. The predicted octanol–water partition coefficient (Wildman–Crippen LogP) is 4.39. The maximum atomic E-state index is 15.0. The van der Waals surface area contributed by atoms with Gasteiger partial charge in [-0.15, -0.1) is 0 Å². The molecule has 0 unspecified atom stereocenters. The summed E-state index contributed by atoms with van der Waals surface area (Å²) in [5.74, 6) is -1.97. The molecule has 0 saturated carbocycles. The van der Waals surface area contributed by atoms with Gasteiger partial charge in [0.1, 0.15) is 18.3 Å². The second kappa shape index (κ2) is 9.06. The molecule has 0 spiro atoms. The number of nitrogens with one attached hydrogen (secondary N) is 1. The van der Waals surface area contributed by atoms with Crippen LogP contribution in [0, 0.1) is 5.82 Å². The van der Waals surface area contributed by atoms with Crippen LogP contribution in [-0.4, -0.2) is 31.4 Å². The van der Waals surface area contributed by atoms with Crippen LogP contribution in [0.2, 0.25) is 0 Å². The normalized spacial score (nSPS) is 11.1. The number of alkyl halides is 1. The zero-order valence-corrected chi connectivity index (χ0v) is 19.1. The summed E-state index contributed by atoms with van der Waals surface area (Å²) in [6.45, 7) is -0.918. The molecule has 3 N–H and O–H groups in total. The summed E-state index contributed by atoms with van der Waals surface area (Å²) in [5, 5.41) is 12.0. The summed E-state index contributed by atoms with van der Waals surface area (Å²) in [6, 6.07) is 17.6. The van der Waals surface area contributed by atoms with E-state index >= 15 is 0 Å². The number of halogens is 2. The van der Waals surface area contributed by atoms with Crippen molar-refractivity contribution in [2.45, 2.75) is 6.67 Å². The Morgan fingerprint density at radius 1 is 1.03 bits per heavy atom. The molecule has 2 aromatic heterocycles. The van der Waals surface area contributed by atoms with Crippen LogP contribution in [0.5, 0.6) is 0 Å². The van der Waals surface area contributed by atoms with Crippen LogP contribution in [0.4, 0.5) is 14.6 Å². The average molecular weight is 486 g/mol. The molecule has 36 heavy (non-hydrogen) atoms. The molecule has 0 saturated heterocycles. The van der Waals surface area contributed by atoms with Crippen LogP contribution >= 0.6 is 0 Å². The van der Waals surface area contributed by atoms with E-state index in [9.17, 15) is 18.4 Å². The lowest BCUT2D eigenvalue weighted by atomic mass is 10.0. The lowest BCUT2D eigenvalue weighted by Crippen LogP contribution is -2.17. The predicted molar refractivity (Wildman–Crippen MR) is 131 cm³/mol. The number of hydrogen-bond acceptors (Lipinski definition) is 4. The average Bonchev–Trinajstić information content (AvgIpc) is 3.47. The number of nitrogens with two attached hydrogens (primary N) is 1. The highest BCUT2D eigenvalue weighted by atomic mass is 19.1. The van der Waals surface area contributed by atoms with E-state index in [0.29, 0.717) is 27.8 Å². The van der Waals surface area contributed by atoms with Crippen molar-refractivity contribution in [2.75, 3.05) is 5.32 Å². The zero-order chi connectivity index (χ0) is 25.4. The molecule has 2 heterocycles. The highest BCUT2D eigenvalue weighted by molar-refractivity contribution is 6.09. The van der Waals surface area contributed by atoms with Crippen molar-refractivity contribution in [3.63, 3.8) is 0 Å². The third-order valence-corrected chi connectivity index (χ3v) is 5.76. The van der Waals surface area contributed by atoms with Gasteiger partial charge in [-0.2, -0.15) is 10.2 Å². The van der Waals surface area contributed by atoms with Gasteiger partial charge in [0.25, 0.3) is 5.91 Å².